The maximum Gasteiger partial charge on any atom is 0.179 e. The molecule has 26 heavy (non-hydrogen) atoms. The van der Waals surface area contributed by atoms with Crippen molar-refractivity contribution in [1.29, 1.82) is 5.26 Å². The van der Waals surface area contributed by atoms with E-state index in [1.807, 2.05) is 18.2 Å². The van der Waals surface area contributed by atoms with Crippen LogP contribution in [0, 0.1) is 11.3 Å². The zero-order valence-electron chi connectivity index (χ0n) is 16.0. The molecule has 0 aliphatic rings. The summed E-state index contributed by atoms with van der Waals surface area (Å²) in [5.74, 6) is 2.56. The van der Waals surface area contributed by atoms with Crippen molar-refractivity contribution in [2.75, 3.05) is 27.4 Å². The van der Waals surface area contributed by atoms with Crippen LogP contribution in [0.1, 0.15) is 31.9 Å². The van der Waals surface area contributed by atoms with Crippen LogP contribution >= 0.6 is 0 Å². The standard InChI is InChI=1S/C21H25NO4/c1-21(2,3)17-13-16(23-4)9-10-18(17)25-11-12-26-20-15(14-22)7-6-8-19(20)24-5/h6-10,13H,11-12H2,1-5H3. The fourth-order valence-electron chi connectivity index (χ4n) is 2.56. The van der Waals surface area contributed by atoms with Gasteiger partial charge in [0.25, 0.3) is 0 Å². The second kappa shape index (κ2) is 8.48. The summed E-state index contributed by atoms with van der Waals surface area (Å²) >= 11 is 0. The lowest BCUT2D eigenvalue weighted by Gasteiger charge is -2.23. The highest BCUT2D eigenvalue weighted by atomic mass is 16.5. The van der Waals surface area contributed by atoms with E-state index < -0.39 is 0 Å². The van der Waals surface area contributed by atoms with Gasteiger partial charge in [-0.25, -0.2) is 0 Å². The normalized spacial score (nSPS) is 10.8. The van der Waals surface area contributed by atoms with Gasteiger partial charge in [0, 0.05) is 5.56 Å². The van der Waals surface area contributed by atoms with E-state index >= 15 is 0 Å². The highest BCUT2D eigenvalue weighted by molar-refractivity contribution is 5.52. The Hall–Kier alpha value is -2.87. The fourth-order valence-corrected chi connectivity index (χ4v) is 2.56. The zero-order valence-corrected chi connectivity index (χ0v) is 16.0. The Bertz CT molecular complexity index is 788. The smallest absolute Gasteiger partial charge is 0.179 e. The lowest BCUT2D eigenvalue weighted by atomic mass is 9.86. The van der Waals surface area contributed by atoms with E-state index in [4.69, 9.17) is 18.9 Å². The molecule has 0 amide bonds. The maximum absolute atomic E-state index is 9.22. The first-order chi connectivity index (χ1) is 12.4. The molecule has 0 saturated carbocycles. The number of benzene rings is 2. The third-order valence-electron chi connectivity index (χ3n) is 3.90. The number of para-hydroxylation sites is 1. The van der Waals surface area contributed by atoms with Crippen LogP contribution in [0.2, 0.25) is 0 Å². The minimum absolute atomic E-state index is 0.0820. The molecule has 0 spiro atoms. The largest absolute Gasteiger partial charge is 0.497 e. The van der Waals surface area contributed by atoms with Gasteiger partial charge in [0.1, 0.15) is 30.8 Å². The summed E-state index contributed by atoms with van der Waals surface area (Å²) in [7, 11) is 3.20. The van der Waals surface area contributed by atoms with Crippen molar-refractivity contribution in [3.05, 3.63) is 47.5 Å². The molecule has 0 aliphatic carbocycles. The molecule has 2 rings (SSSR count). The molecule has 0 saturated heterocycles. The molecule has 0 N–H and O–H groups in total. The summed E-state index contributed by atoms with van der Waals surface area (Å²) in [5, 5.41) is 9.22. The van der Waals surface area contributed by atoms with Crippen LogP contribution < -0.4 is 18.9 Å². The van der Waals surface area contributed by atoms with Crippen molar-refractivity contribution in [2.24, 2.45) is 0 Å². The van der Waals surface area contributed by atoms with Gasteiger partial charge in [0.15, 0.2) is 11.5 Å². The van der Waals surface area contributed by atoms with Crippen molar-refractivity contribution in [1.82, 2.24) is 0 Å². The maximum atomic E-state index is 9.22. The Morgan fingerprint density at radius 3 is 2.27 bits per heavy atom. The van der Waals surface area contributed by atoms with Crippen LogP contribution in [-0.2, 0) is 5.41 Å². The van der Waals surface area contributed by atoms with E-state index in [0.717, 1.165) is 17.1 Å². The van der Waals surface area contributed by atoms with Crippen LogP contribution in [0.5, 0.6) is 23.0 Å². The van der Waals surface area contributed by atoms with Gasteiger partial charge in [-0.15, -0.1) is 0 Å². The molecule has 0 unspecified atom stereocenters. The number of rotatable bonds is 7. The predicted octanol–water partition coefficient (Wildman–Crippen LogP) is 4.33. The molecule has 0 fully saturated rings. The number of hydrogen-bond acceptors (Lipinski definition) is 5. The molecular weight excluding hydrogens is 330 g/mol. The van der Waals surface area contributed by atoms with E-state index in [2.05, 4.69) is 26.8 Å². The van der Waals surface area contributed by atoms with Crippen molar-refractivity contribution < 1.29 is 18.9 Å². The van der Waals surface area contributed by atoms with Crippen LogP contribution in [0.3, 0.4) is 0 Å². The molecule has 0 heterocycles. The Morgan fingerprint density at radius 1 is 0.923 bits per heavy atom. The molecule has 138 valence electrons. The van der Waals surface area contributed by atoms with Crippen molar-refractivity contribution in [3.8, 4) is 29.1 Å². The summed E-state index contributed by atoms with van der Waals surface area (Å²) in [5.41, 5.74) is 1.41. The monoisotopic (exact) mass is 355 g/mol. The average Bonchev–Trinajstić information content (AvgIpc) is 2.64. The number of methoxy groups -OCH3 is 2. The topological polar surface area (TPSA) is 60.7 Å². The quantitative estimate of drug-likeness (QED) is 0.692. The van der Waals surface area contributed by atoms with E-state index in [9.17, 15) is 5.26 Å². The molecule has 0 atom stereocenters. The zero-order chi connectivity index (χ0) is 19.2. The SMILES string of the molecule is COc1ccc(OCCOc2c(C#N)cccc2OC)c(C(C)(C)C)c1. The molecule has 2 aromatic rings. The first-order valence-corrected chi connectivity index (χ1v) is 8.42. The fraction of sp³-hybridized carbons (Fsp3) is 0.381. The van der Waals surface area contributed by atoms with Gasteiger partial charge in [-0.1, -0.05) is 26.8 Å². The molecule has 2 aromatic carbocycles. The average molecular weight is 355 g/mol. The molecule has 0 radical (unpaired) electrons. The van der Waals surface area contributed by atoms with E-state index in [1.54, 1.807) is 32.4 Å². The minimum atomic E-state index is -0.0820. The van der Waals surface area contributed by atoms with Gasteiger partial charge < -0.3 is 18.9 Å². The molecule has 5 nitrogen and oxygen atoms in total. The second-order valence-corrected chi connectivity index (χ2v) is 6.76. The van der Waals surface area contributed by atoms with Gasteiger partial charge >= 0.3 is 0 Å². The van der Waals surface area contributed by atoms with Gasteiger partial charge in [-0.2, -0.15) is 5.26 Å². The summed E-state index contributed by atoms with van der Waals surface area (Å²) in [6.07, 6.45) is 0. The molecule has 0 bridgehead atoms. The first-order valence-electron chi connectivity index (χ1n) is 8.42. The van der Waals surface area contributed by atoms with E-state index in [-0.39, 0.29) is 5.41 Å². The number of ether oxygens (including phenoxy) is 4. The summed E-state index contributed by atoms with van der Waals surface area (Å²) in [4.78, 5) is 0. The number of nitrogens with zero attached hydrogens (tertiary/aromatic N) is 1. The first kappa shape index (κ1) is 19.5. The lowest BCUT2D eigenvalue weighted by molar-refractivity contribution is 0.208. The third-order valence-corrected chi connectivity index (χ3v) is 3.90. The van der Waals surface area contributed by atoms with Gasteiger partial charge in [-0.3, -0.25) is 0 Å². The highest BCUT2D eigenvalue weighted by Gasteiger charge is 2.20. The van der Waals surface area contributed by atoms with Crippen molar-refractivity contribution in [2.45, 2.75) is 26.2 Å². The van der Waals surface area contributed by atoms with Gasteiger partial charge in [-0.05, 0) is 35.7 Å². The van der Waals surface area contributed by atoms with E-state index in [0.29, 0.717) is 30.3 Å². The summed E-state index contributed by atoms with van der Waals surface area (Å²) < 4.78 is 22.2. The Kier molecular flexibility index (Phi) is 6.35. The van der Waals surface area contributed by atoms with Crippen LogP contribution in [0.4, 0.5) is 0 Å². The number of nitriles is 1. The van der Waals surface area contributed by atoms with Crippen LogP contribution in [-0.4, -0.2) is 27.4 Å². The highest BCUT2D eigenvalue weighted by Crippen LogP contribution is 2.34. The second-order valence-electron chi connectivity index (χ2n) is 6.76. The van der Waals surface area contributed by atoms with E-state index in [1.165, 1.54) is 0 Å². The van der Waals surface area contributed by atoms with Gasteiger partial charge in [0.05, 0.1) is 19.8 Å². The third kappa shape index (κ3) is 4.60. The Morgan fingerprint density at radius 2 is 1.65 bits per heavy atom. The summed E-state index contributed by atoms with van der Waals surface area (Å²) in [6, 6.07) is 13.1. The van der Waals surface area contributed by atoms with Crippen LogP contribution in [0.25, 0.3) is 0 Å². The lowest BCUT2D eigenvalue weighted by Crippen LogP contribution is -2.16. The van der Waals surface area contributed by atoms with Gasteiger partial charge in [0.2, 0.25) is 0 Å². The Labute approximate surface area is 155 Å². The van der Waals surface area contributed by atoms with Crippen molar-refractivity contribution in [3.63, 3.8) is 0 Å². The van der Waals surface area contributed by atoms with Crippen LogP contribution in [0.15, 0.2) is 36.4 Å². The minimum Gasteiger partial charge on any atom is -0.497 e. The molecule has 0 aliphatic heterocycles. The summed E-state index contributed by atoms with van der Waals surface area (Å²) in [6.45, 7) is 7.01. The number of hydrogen-bond donors (Lipinski definition) is 0. The molecular formula is C21H25NO4. The Balaban J connectivity index is 2.07. The molecule has 5 heteroatoms. The molecule has 0 aromatic heterocycles. The predicted molar refractivity (Wildman–Crippen MR) is 100 cm³/mol. The van der Waals surface area contributed by atoms with Crippen molar-refractivity contribution >= 4 is 0 Å².